The predicted molar refractivity (Wildman–Crippen MR) is 62.8 cm³/mol. The molecule has 0 fully saturated rings. The van der Waals surface area contributed by atoms with Crippen LogP contribution >= 0.6 is 0 Å². The van der Waals surface area contributed by atoms with Gasteiger partial charge in [0.05, 0.1) is 6.54 Å². The van der Waals surface area contributed by atoms with Crippen molar-refractivity contribution < 1.29 is 14.3 Å². The van der Waals surface area contributed by atoms with E-state index in [0.717, 1.165) is 6.42 Å². The van der Waals surface area contributed by atoms with Gasteiger partial charge in [-0.25, -0.2) is 4.98 Å². The zero-order valence-corrected chi connectivity index (χ0v) is 10.5. The van der Waals surface area contributed by atoms with E-state index in [0.29, 0.717) is 13.2 Å². The summed E-state index contributed by atoms with van der Waals surface area (Å²) in [6.07, 6.45) is 1.98. The Morgan fingerprint density at radius 1 is 1.56 bits per heavy atom. The average Bonchev–Trinajstić information content (AvgIpc) is 2.87. The van der Waals surface area contributed by atoms with E-state index in [4.69, 9.17) is 4.74 Å². The standard InChI is InChI=1S/C10H17N5O3/c1-15(10(17)9-12-7-13-14-9)6-8(16)11-4-3-5-18-2/h7H,3-6H2,1-2H3,(H,11,16)(H,12,13,14). The van der Waals surface area contributed by atoms with E-state index in [2.05, 4.69) is 20.5 Å². The maximum absolute atomic E-state index is 11.7. The van der Waals surface area contributed by atoms with Crippen molar-refractivity contribution in [2.75, 3.05) is 33.9 Å². The largest absolute Gasteiger partial charge is 0.385 e. The molecule has 0 radical (unpaired) electrons. The molecule has 0 saturated heterocycles. The summed E-state index contributed by atoms with van der Waals surface area (Å²) in [5.74, 6) is -0.481. The van der Waals surface area contributed by atoms with Crippen molar-refractivity contribution in [3.8, 4) is 0 Å². The second-order valence-electron chi connectivity index (χ2n) is 3.69. The van der Waals surface area contributed by atoms with Crippen LogP contribution in [0.2, 0.25) is 0 Å². The highest BCUT2D eigenvalue weighted by atomic mass is 16.5. The van der Waals surface area contributed by atoms with Crippen LogP contribution in [0.5, 0.6) is 0 Å². The minimum absolute atomic E-state index is 0.0213. The lowest BCUT2D eigenvalue weighted by atomic mass is 10.4. The van der Waals surface area contributed by atoms with E-state index in [9.17, 15) is 9.59 Å². The number of amides is 2. The number of hydrogen-bond acceptors (Lipinski definition) is 5. The van der Waals surface area contributed by atoms with E-state index >= 15 is 0 Å². The second kappa shape index (κ2) is 7.38. The molecule has 1 heterocycles. The van der Waals surface area contributed by atoms with Crippen LogP contribution in [0.1, 0.15) is 17.0 Å². The minimum Gasteiger partial charge on any atom is -0.385 e. The molecule has 0 aliphatic carbocycles. The van der Waals surface area contributed by atoms with E-state index in [1.54, 1.807) is 7.11 Å². The number of ether oxygens (including phenoxy) is 1. The fourth-order valence-electron chi connectivity index (χ4n) is 1.28. The number of rotatable bonds is 7. The number of nitrogens with zero attached hydrogens (tertiary/aromatic N) is 3. The van der Waals surface area contributed by atoms with E-state index < -0.39 is 0 Å². The predicted octanol–water partition coefficient (Wildman–Crippen LogP) is -0.971. The van der Waals surface area contributed by atoms with Crippen molar-refractivity contribution >= 4 is 11.8 Å². The minimum atomic E-state index is -0.375. The number of aromatic amines is 1. The van der Waals surface area contributed by atoms with Crippen molar-refractivity contribution in [3.05, 3.63) is 12.2 Å². The maximum atomic E-state index is 11.7. The molecule has 8 nitrogen and oxygen atoms in total. The number of likely N-dealkylation sites (N-methyl/N-ethyl adjacent to an activating group) is 1. The van der Waals surface area contributed by atoms with Gasteiger partial charge in [0.25, 0.3) is 5.91 Å². The summed E-state index contributed by atoms with van der Waals surface area (Å²) < 4.78 is 4.86. The van der Waals surface area contributed by atoms with Gasteiger partial charge in [-0.2, -0.15) is 5.10 Å². The van der Waals surface area contributed by atoms with Crippen molar-refractivity contribution in [1.29, 1.82) is 0 Å². The Bertz CT molecular complexity index is 379. The molecule has 1 aromatic rings. The zero-order chi connectivity index (χ0) is 13.4. The van der Waals surface area contributed by atoms with Gasteiger partial charge in [-0.3, -0.25) is 14.7 Å². The van der Waals surface area contributed by atoms with Crippen molar-refractivity contribution in [1.82, 2.24) is 25.4 Å². The molecule has 2 N–H and O–H groups in total. The number of methoxy groups -OCH3 is 1. The molecule has 2 amide bonds. The Balaban J connectivity index is 2.29. The molecule has 1 aromatic heterocycles. The van der Waals surface area contributed by atoms with E-state index in [1.165, 1.54) is 18.3 Å². The molecule has 1 rings (SSSR count). The first-order valence-corrected chi connectivity index (χ1v) is 5.51. The summed E-state index contributed by atoms with van der Waals surface area (Å²) in [6, 6.07) is 0. The second-order valence-corrected chi connectivity index (χ2v) is 3.69. The molecule has 0 saturated carbocycles. The summed E-state index contributed by atoms with van der Waals surface area (Å²) in [5.41, 5.74) is 0. The highest BCUT2D eigenvalue weighted by molar-refractivity contribution is 5.93. The third-order valence-corrected chi connectivity index (χ3v) is 2.19. The monoisotopic (exact) mass is 255 g/mol. The van der Waals surface area contributed by atoms with Crippen LogP contribution in [0.15, 0.2) is 6.33 Å². The average molecular weight is 255 g/mol. The third-order valence-electron chi connectivity index (χ3n) is 2.19. The lowest BCUT2D eigenvalue weighted by Crippen LogP contribution is -2.39. The molecule has 0 spiro atoms. The first-order valence-electron chi connectivity index (χ1n) is 5.51. The van der Waals surface area contributed by atoms with Crippen molar-refractivity contribution in [3.63, 3.8) is 0 Å². The molecular weight excluding hydrogens is 238 g/mol. The normalized spacial score (nSPS) is 10.1. The van der Waals surface area contributed by atoms with Crippen LogP contribution in [-0.2, 0) is 9.53 Å². The summed E-state index contributed by atoms with van der Waals surface area (Å²) in [5, 5.41) is 8.72. The van der Waals surface area contributed by atoms with Crippen LogP contribution in [-0.4, -0.2) is 65.7 Å². The maximum Gasteiger partial charge on any atom is 0.291 e. The highest BCUT2D eigenvalue weighted by Crippen LogP contribution is 1.94. The van der Waals surface area contributed by atoms with Gasteiger partial charge in [0, 0.05) is 27.3 Å². The van der Waals surface area contributed by atoms with Gasteiger partial charge in [0.15, 0.2) is 0 Å². The molecule has 100 valence electrons. The number of carbonyl (C=O) groups excluding carboxylic acids is 2. The van der Waals surface area contributed by atoms with Crippen molar-refractivity contribution in [2.45, 2.75) is 6.42 Å². The highest BCUT2D eigenvalue weighted by Gasteiger charge is 2.16. The summed E-state index contributed by atoms with van der Waals surface area (Å²) in [4.78, 5) is 28.2. The molecule has 0 aromatic carbocycles. The van der Waals surface area contributed by atoms with Crippen LogP contribution in [0.25, 0.3) is 0 Å². The Morgan fingerprint density at radius 3 is 2.94 bits per heavy atom. The number of hydrogen-bond donors (Lipinski definition) is 2. The number of nitrogens with one attached hydrogen (secondary N) is 2. The number of aromatic nitrogens is 3. The zero-order valence-electron chi connectivity index (χ0n) is 10.5. The Hall–Kier alpha value is -1.96. The van der Waals surface area contributed by atoms with Gasteiger partial charge in [-0.05, 0) is 6.42 Å². The lowest BCUT2D eigenvalue weighted by molar-refractivity contribution is -0.121. The Labute approximate surface area is 105 Å². The molecule has 8 heteroatoms. The van der Waals surface area contributed by atoms with Crippen molar-refractivity contribution in [2.24, 2.45) is 0 Å². The van der Waals surface area contributed by atoms with Gasteiger partial charge >= 0.3 is 0 Å². The number of H-pyrrole nitrogens is 1. The quantitative estimate of drug-likeness (QED) is 0.610. The van der Waals surface area contributed by atoms with Crippen LogP contribution < -0.4 is 5.32 Å². The van der Waals surface area contributed by atoms with Gasteiger partial charge < -0.3 is 15.0 Å². The lowest BCUT2D eigenvalue weighted by Gasteiger charge is -2.15. The summed E-state index contributed by atoms with van der Waals surface area (Å²) in [6.45, 7) is 1.09. The van der Waals surface area contributed by atoms with E-state index in [1.807, 2.05) is 0 Å². The van der Waals surface area contributed by atoms with Gasteiger partial charge in [-0.1, -0.05) is 0 Å². The Kier molecular flexibility index (Phi) is 5.78. The molecule has 0 atom stereocenters. The van der Waals surface area contributed by atoms with Gasteiger partial charge in [0.1, 0.15) is 6.33 Å². The summed E-state index contributed by atoms with van der Waals surface area (Å²) in [7, 11) is 3.13. The number of carbonyl (C=O) groups is 2. The smallest absolute Gasteiger partial charge is 0.291 e. The molecule has 0 aliphatic rings. The first-order chi connectivity index (χ1) is 8.65. The fourth-order valence-corrected chi connectivity index (χ4v) is 1.28. The topological polar surface area (TPSA) is 100 Å². The van der Waals surface area contributed by atoms with Crippen LogP contribution in [0.4, 0.5) is 0 Å². The molecule has 0 unspecified atom stereocenters. The van der Waals surface area contributed by atoms with E-state index in [-0.39, 0.29) is 24.2 Å². The molecule has 0 aliphatic heterocycles. The van der Waals surface area contributed by atoms with Gasteiger partial charge in [-0.15, -0.1) is 0 Å². The molecular formula is C10H17N5O3. The molecule has 0 bridgehead atoms. The third kappa shape index (κ3) is 4.50. The summed E-state index contributed by atoms with van der Waals surface area (Å²) >= 11 is 0. The van der Waals surface area contributed by atoms with Gasteiger partial charge in [0.2, 0.25) is 11.7 Å². The fraction of sp³-hybridized carbons (Fsp3) is 0.600. The molecule has 18 heavy (non-hydrogen) atoms. The van der Waals surface area contributed by atoms with Crippen LogP contribution in [0, 0.1) is 0 Å². The first kappa shape index (κ1) is 14.1. The Morgan fingerprint density at radius 2 is 2.33 bits per heavy atom. The SMILES string of the molecule is COCCCNC(=O)CN(C)C(=O)c1ncn[nH]1. The van der Waals surface area contributed by atoms with Crippen LogP contribution in [0.3, 0.4) is 0 Å².